The highest BCUT2D eigenvalue weighted by Crippen LogP contribution is 2.48. The van der Waals surface area contributed by atoms with Crippen LogP contribution in [-0.4, -0.2) is 18.5 Å². The third-order valence-corrected chi connectivity index (χ3v) is 10.8. The van der Waals surface area contributed by atoms with Crippen molar-refractivity contribution in [3.05, 3.63) is 182 Å². The summed E-state index contributed by atoms with van der Waals surface area (Å²) in [5.41, 5.74) is 20.8. The van der Waals surface area contributed by atoms with E-state index in [4.69, 9.17) is 0 Å². The van der Waals surface area contributed by atoms with Gasteiger partial charge in [-0.15, -0.1) is 0 Å². The molecule has 8 rings (SSSR count). The van der Waals surface area contributed by atoms with Crippen molar-refractivity contribution in [1.29, 1.82) is 0 Å². The lowest BCUT2D eigenvalue weighted by atomic mass is 9.86. The van der Waals surface area contributed by atoms with E-state index < -0.39 is 0 Å². The fourth-order valence-electron chi connectivity index (χ4n) is 8.11. The van der Waals surface area contributed by atoms with Gasteiger partial charge in [-0.05, 0) is 104 Å². The largest absolute Gasteiger partial charge is 0.337 e. The van der Waals surface area contributed by atoms with E-state index in [0.29, 0.717) is 6.04 Å². The molecule has 0 amide bonds. The minimum Gasteiger partial charge on any atom is -0.337 e. The summed E-state index contributed by atoms with van der Waals surface area (Å²) in [4.78, 5) is 2.61. The average molecular weight is 635 g/mol. The number of rotatable bonds is 4. The van der Waals surface area contributed by atoms with Crippen LogP contribution in [0.3, 0.4) is 0 Å². The highest BCUT2D eigenvalue weighted by atomic mass is 15.2. The molecule has 2 nitrogen and oxygen atoms in total. The first kappa shape index (κ1) is 31.0. The Morgan fingerprint density at radius 3 is 2.53 bits per heavy atom. The van der Waals surface area contributed by atoms with Crippen molar-refractivity contribution in [2.45, 2.75) is 52.5 Å². The first-order valence-corrected chi connectivity index (χ1v) is 17.6. The Morgan fingerprint density at radius 1 is 0.898 bits per heavy atom. The molecule has 240 valence electrons. The van der Waals surface area contributed by atoms with Crippen molar-refractivity contribution in [1.82, 2.24) is 4.57 Å². The SMILES string of the molecule is BC1=C(\C)Cc2ccc(-n3c(C)c(/C=C\C=C)c4c3C=C3CC(=C4)N(C4CC=CC=C4C)c4ccccc43)cc2\C=C2/C=CCC=C/C2=C/1. The number of fused-ring (bicyclic) bond motifs is 7. The molecule has 0 radical (unpaired) electrons. The first-order chi connectivity index (χ1) is 23.9. The second-order valence-electron chi connectivity index (χ2n) is 14.0. The molecule has 0 spiro atoms. The Hall–Kier alpha value is -5.28. The summed E-state index contributed by atoms with van der Waals surface area (Å²) in [6.07, 6.45) is 35.6. The minimum atomic E-state index is 0.301. The number of hydrogen-bond donors (Lipinski definition) is 0. The summed E-state index contributed by atoms with van der Waals surface area (Å²) in [5.74, 6) is 0. The van der Waals surface area contributed by atoms with Gasteiger partial charge in [0.2, 0.25) is 0 Å². The molecule has 2 bridgehead atoms. The molecule has 4 aliphatic carbocycles. The Labute approximate surface area is 292 Å². The van der Waals surface area contributed by atoms with E-state index in [1.54, 1.807) is 0 Å². The van der Waals surface area contributed by atoms with Gasteiger partial charge < -0.3 is 9.47 Å². The van der Waals surface area contributed by atoms with Crippen LogP contribution in [0.2, 0.25) is 0 Å². The molecule has 2 aromatic carbocycles. The topological polar surface area (TPSA) is 8.17 Å². The second kappa shape index (κ2) is 12.6. The molecule has 1 atom stereocenters. The lowest BCUT2D eigenvalue weighted by Gasteiger charge is -2.41. The van der Waals surface area contributed by atoms with E-state index in [2.05, 4.69) is 166 Å². The van der Waals surface area contributed by atoms with Gasteiger partial charge in [0.25, 0.3) is 0 Å². The summed E-state index contributed by atoms with van der Waals surface area (Å²) in [6.45, 7) is 10.8. The van der Waals surface area contributed by atoms with E-state index in [0.717, 1.165) is 25.7 Å². The van der Waals surface area contributed by atoms with E-state index >= 15 is 0 Å². The van der Waals surface area contributed by atoms with E-state index in [9.17, 15) is 0 Å². The third kappa shape index (κ3) is 5.48. The molecule has 1 aliphatic heterocycles. The van der Waals surface area contributed by atoms with Gasteiger partial charge in [-0.3, -0.25) is 0 Å². The summed E-state index contributed by atoms with van der Waals surface area (Å²) < 4.78 is 2.49. The normalized spacial score (nSPS) is 23.1. The van der Waals surface area contributed by atoms with Crippen molar-refractivity contribution >= 4 is 43.4 Å². The van der Waals surface area contributed by atoms with E-state index in [-0.39, 0.29) is 0 Å². The Morgan fingerprint density at radius 2 is 1.71 bits per heavy atom. The van der Waals surface area contributed by atoms with E-state index in [1.165, 1.54) is 89.6 Å². The van der Waals surface area contributed by atoms with Gasteiger partial charge in [0.15, 0.2) is 0 Å². The maximum Gasteiger partial charge on any atom is 0.139 e. The molecule has 3 heteroatoms. The standard InChI is InChI=1S/C46H43BN2/c1-5-6-17-40-32(4)48(38-22-21-35-23-31(3)43(47)27-34-16-9-7-8-15-33(34)24-36(35)25-38)46-28-37-26-39(29-42(40)46)49(44-19-12-10-14-30(44)2)45-20-13-11-18-41(37)45/h5-6,8-18,20-22,24-25,27-29,44H,1,7,19,23,26,47H2,2-4H3/b17-6-,33-24+,34-27-,43-31-. The first-order valence-electron chi connectivity index (χ1n) is 17.6. The highest BCUT2D eigenvalue weighted by Gasteiger charge is 2.34. The molecule has 1 unspecified atom stereocenters. The number of hydrogen-bond acceptors (Lipinski definition) is 1. The maximum absolute atomic E-state index is 4.02. The number of anilines is 1. The van der Waals surface area contributed by atoms with E-state index in [1.807, 2.05) is 6.08 Å². The van der Waals surface area contributed by atoms with Gasteiger partial charge in [0.05, 0.1) is 11.7 Å². The quantitative estimate of drug-likeness (QED) is 0.205. The van der Waals surface area contributed by atoms with Crippen LogP contribution in [0.25, 0.3) is 35.6 Å². The molecule has 0 N–H and O–H groups in total. The minimum absolute atomic E-state index is 0.301. The molecule has 1 aromatic heterocycles. The lowest BCUT2D eigenvalue weighted by molar-refractivity contribution is 0.703. The predicted octanol–water partition coefficient (Wildman–Crippen LogP) is 10.7. The number of allylic oxidation sites excluding steroid dienone is 14. The summed E-state index contributed by atoms with van der Waals surface area (Å²) >= 11 is 0. The highest BCUT2D eigenvalue weighted by molar-refractivity contribution is 6.24. The number of benzene rings is 2. The van der Waals surface area contributed by atoms with Crippen LogP contribution in [0.1, 0.15) is 72.3 Å². The average Bonchev–Trinajstić information content (AvgIpc) is 3.23. The van der Waals surface area contributed by atoms with Crippen LogP contribution in [0.15, 0.2) is 143 Å². The summed E-state index contributed by atoms with van der Waals surface area (Å²) in [7, 11) is 2.25. The molecule has 3 aromatic rings. The van der Waals surface area contributed by atoms with Crippen LogP contribution in [0, 0.1) is 6.92 Å². The van der Waals surface area contributed by atoms with Crippen LogP contribution >= 0.6 is 0 Å². The number of nitrogens with zero attached hydrogens (tertiary/aromatic N) is 2. The van der Waals surface area contributed by atoms with Gasteiger partial charge in [-0.25, -0.2) is 0 Å². The maximum atomic E-state index is 4.02. The van der Waals surface area contributed by atoms with Crippen molar-refractivity contribution in [2.24, 2.45) is 0 Å². The van der Waals surface area contributed by atoms with Crippen LogP contribution in [-0.2, 0) is 6.42 Å². The van der Waals surface area contributed by atoms with Crippen molar-refractivity contribution in [3.8, 4) is 5.69 Å². The van der Waals surface area contributed by atoms with Crippen LogP contribution in [0.5, 0.6) is 0 Å². The second-order valence-corrected chi connectivity index (χ2v) is 14.0. The van der Waals surface area contributed by atoms with Gasteiger partial charge in [-0.2, -0.15) is 0 Å². The molecule has 5 aliphatic rings. The van der Waals surface area contributed by atoms with Crippen molar-refractivity contribution in [2.75, 3.05) is 4.90 Å². The lowest BCUT2D eigenvalue weighted by Crippen LogP contribution is -2.38. The summed E-state index contributed by atoms with van der Waals surface area (Å²) in [6, 6.07) is 16.4. The third-order valence-electron chi connectivity index (χ3n) is 10.8. The van der Waals surface area contributed by atoms with Crippen molar-refractivity contribution < 1.29 is 0 Å². The smallest absolute Gasteiger partial charge is 0.139 e. The number of para-hydroxylation sites is 1. The zero-order valence-corrected chi connectivity index (χ0v) is 29.1. The molecule has 0 saturated carbocycles. The number of aromatic nitrogens is 1. The molecule has 0 fully saturated rings. The summed E-state index contributed by atoms with van der Waals surface area (Å²) in [5, 5.41) is 0. The van der Waals surface area contributed by atoms with Crippen LogP contribution < -0.4 is 4.90 Å². The van der Waals surface area contributed by atoms with Gasteiger partial charge >= 0.3 is 0 Å². The molecular formula is C46H43BN2. The zero-order chi connectivity index (χ0) is 33.6. The Kier molecular flexibility index (Phi) is 8.00. The Bertz CT molecular complexity index is 2230. The van der Waals surface area contributed by atoms with Gasteiger partial charge in [0.1, 0.15) is 7.85 Å². The van der Waals surface area contributed by atoms with Crippen LogP contribution in [0.4, 0.5) is 5.69 Å². The van der Waals surface area contributed by atoms with Gasteiger partial charge in [0, 0.05) is 45.9 Å². The molecule has 49 heavy (non-hydrogen) atoms. The zero-order valence-electron chi connectivity index (χ0n) is 29.1. The Balaban J connectivity index is 1.36. The fraction of sp³-hybridized carbons (Fsp3) is 0.174. The molecule has 0 saturated heterocycles. The predicted molar refractivity (Wildman–Crippen MR) is 214 cm³/mol. The fourth-order valence-corrected chi connectivity index (χ4v) is 8.11. The molecule has 2 heterocycles. The van der Waals surface area contributed by atoms with Crippen molar-refractivity contribution in [3.63, 3.8) is 0 Å². The monoisotopic (exact) mass is 634 g/mol. The van der Waals surface area contributed by atoms with Gasteiger partial charge in [-0.1, -0.05) is 114 Å². The molecular weight excluding hydrogens is 591 g/mol.